The summed E-state index contributed by atoms with van der Waals surface area (Å²) < 4.78 is 5.24. The Morgan fingerprint density at radius 2 is 1.75 bits per heavy atom. The molecule has 4 rings (SSSR count). The van der Waals surface area contributed by atoms with Gasteiger partial charge in [-0.05, 0) is 82.2 Å². The molecule has 2 N–H and O–H groups in total. The molecule has 0 unspecified atom stereocenters. The molecule has 2 amide bonds. The summed E-state index contributed by atoms with van der Waals surface area (Å²) in [6, 6.07) is 10.6. The Bertz CT molecular complexity index is 1250. The van der Waals surface area contributed by atoms with Crippen molar-refractivity contribution in [2.75, 3.05) is 10.2 Å². The minimum absolute atomic E-state index is 0.00929. The number of nitrogens with one attached hydrogen (secondary N) is 1. The summed E-state index contributed by atoms with van der Waals surface area (Å²) in [5.74, 6) is -0.558. The second kappa shape index (κ2) is 10.7. The molecular formula is C28H32N2O5S. The van der Waals surface area contributed by atoms with E-state index in [9.17, 15) is 19.5 Å². The molecule has 0 spiro atoms. The van der Waals surface area contributed by atoms with Gasteiger partial charge in [-0.25, -0.2) is 4.79 Å². The van der Waals surface area contributed by atoms with Crippen molar-refractivity contribution >= 4 is 40.5 Å². The fraction of sp³-hybridized carbons (Fsp3) is 0.393. The number of aryl methyl sites for hydroxylation is 1. The van der Waals surface area contributed by atoms with Gasteiger partial charge in [0, 0.05) is 28.1 Å². The van der Waals surface area contributed by atoms with Crippen LogP contribution in [-0.4, -0.2) is 28.9 Å². The summed E-state index contributed by atoms with van der Waals surface area (Å²) in [7, 11) is 0. The van der Waals surface area contributed by atoms with E-state index in [1.807, 2.05) is 26.0 Å². The Balaban J connectivity index is 1.59. The number of furan rings is 1. The summed E-state index contributed by atoms with van der Waals surface area (Å²) in [6.45, 7) is 7.86. The molecule has 0 aliphatic heterocycles. The Morgan fingerprint density at radius 3 is 2.31 bits per heavy atom. The van der Waals surface area contributed by atoms with Crippen LogP contribution >= 0.6 is 11.3 Å². The molecule has 0 atom stereocenters. The summed E-state index contributed by atoms with van der Waals surface area (Å²) in [5, 5.41) is 12.8. The molecule has 0 radical (unpaired) electrons. The molecule has 1 aromatic carbocycles. The molecule has 1 aliphatic carbocycles. The van der Waals surface area contributed by atoms with Crippen molar-refractivity contribution in [3.8, 4) is 10.4 Å². The fourth-order valence-electron chi connectivity index (χ4n) is 4.72. The van der Waals surface area contributed by atoms with Crippen LogP contribution in [-0.2, 0) is 4.79 Å². The predicted molar refractivity (Wildman–Crippen MR) is 142 cm³/mol. The normalized spacial score (nSPS) is 17.7. The van der Waals surface area contributed by atoms with Crippen LogP contribution in [0, 0.1) is 18.8 Å². The molecule has 7 nitrogen and oxygen atoms in total. The van der Waals surface area contributed by atoms with E-state index in [0.717, 1.165) is 53.0 Å². The number of carbonyl (C=O) groups is 3. The Morgan fingerprint density at radius 1 is 1.08 bits per heavy atom. The van der Waals surface area contributed by atoms with E-state index in [1.54, 1.807) is 36.1 Å². The number of hydrogen-bond acceptors (Lipinski definition) is 5. The van der Waals surface area contributed by atoms with E-state index in [-0.39, 0.29) is 34.4 Å². The maximum absolute atomic E-state index is 13.5. The van der Waals surface area contributed by atoms with Gasteiger partial charge in [-0.3, -0.25) is 9.59 Å². The largest absolute Gasteiger partial charge is 0.477 e. The van der Waals surface area contributed by atoms with Gasteiger partial charge in [-0.15, -0.1) is 11.3 Å². The average molecular weight is 509 g/mol. The van der Waals surface area contributed by atoms with Gasteiger partial charge in [-0.1, -0.05) is 19.1 Å². The van der Waals surface area contributed by atoms with Gasteiger partial charge < -0.3 is 19.7 Å². The van der Waals surface area contributed by atoms with E-state index in [0.29, 0.717) is 17.3 Å². The lowest BCUT2D eigenvalue weighted by atomic mass is 9.82. The first-order valence-corrected chi connectivity index (χ1v) is 13.1. The Hall–Kier alpha value is -3.39. The standard InChI is InChI=1S/C28H32N2O5S/c1-16(2)30(27(32)20-7-5-17(3)6-8-20)22-15-23(36-25(22)28(33)34)19-9-11-21(12-10-19)29-26(31)24-18(4)13-14-35-24/h9-17,20H,5-8H2,1-4H3,(H,29,31)(H,33,34). The number of carbonyl (C=O) groups excluding carboxylic acids is 2. The van der Waals surface area contributed by atoms with Gasteiger partial charge in [0.15, 0.2) is 5.76 Å². The molecule has 2 heterocycles. The fourth-order valence-corrected chi connectivity index (χ4v) is 5.72. The summed E-state index contributed by atoms with van der Waals surface area (Å²) in [5.41, 5.74) is 2.61. The number of rotatable bonds is 7. The van der Waals surface area contributed by atoms with Gasteiger partial charge in [0.25, 0.3) is 5.91 Å². The van der Waals surface area contributed by atoms with Crippen molar-refractivity contribution in [1.29, 1.82) is 0 Å². The van der Waals surface area contributed by atoms with E-state index < -0.39 is 5.97 Å². The molecule has 190 valence electrons. The van der Waals surface area contributed by atoms with Gasteiger partial charge >= 0.3 is 5.97 Å². The zero-order valence-electron chi connectivity index (χ0n) is 21.0. The van der Waals surface area contributed by atoms with E-state index in [4.69, 9.17) is 4.42 Å². The molecule has 2 aromatic heterocycles. The third kappa shape index (κ3) is 5.38. The lowest BCUT2D eigenvalue weighted by Gasteiger charge is -2.33. The molecule has 8 heteroatoms. The van der Waals surface area contributed by atoms with Crippen LogP contribution in [0.3, 0.4) is 0 Å². The van der Waals surface area contributed by atoms with Crippen LogP contribution in [0.25, 0.3) is 10.4 Å². The minimum atomic E-state index is -1.05. The molecule has 0 saturated heterocycles. The molecule has 1 fully saturated rings. The summed E-state index contributed by atoms with van der Waals surface area (Å²) in [6.07, 6.45) is 5.19. The number of nitrogens with zero attached hydrogens (tertiary/aromatic N) is 1. The third-order valence-electron chi connectivity index (χ3n) is 6.78. The lowest BCUT2D eigenvalue weighted by molar-refractivity contribution is -0.123. The minimum Gasteiger partial charge on any atom is -0.477 e. The molecular weight excluding hydrogens is 476 g/mol. The van der Waals surface area contributed by atoms with E-state index in [2.05, 4.69) is 12.2 Å². The van der Waals surface area contributed by atoms with Crippen LogP contribution in [0.4, 0.5) is 11.4 Å². The Labute approximate surface area is 215 Å². The maximum atomic E-state index is 13.5. The Kier molecular flexibility index (Phi) is 7.64. The lowest BCUT2D eigenvalue weighted by Crippen LogP contribution is -2.42. The van der Waals surface area contributed by atoms with E-state index >= 15 is 0 Å². The van der Waals surface area contributed by atoms with Gasteiger partial charge in [-0.2, -0.15) is 0 Å². The molecule has 1 aliphatic rings. The second-order valence-electron chi connectivity index (χ2n) is 9.85. The monoisotopic (exact) mass is 508 g/mol. The van der Waals surface area contributed by atoms with Crippen LogP contribution in [0.2, 0.25) is 0 Å². The predicted octanol–water partition coefficient (Wildman–Crippen LogP) is 6.83. The quantitative estimate of drug-likeness (QED) is 0.364. The highest BCUT2D eigenvalue weighted by molar-refractivity contribution is 7.18. The maximum Gasteiger partial charge on any atom is 0.348 e. The zero-order chi connectivity index (χ0) is 26.0. The summed E-state index contributed by atoms with van der Waals surface area (Å²) in [4.78, 5) is 40.7. The summed E-state index contributed by atoms with van der Waals surface area (Å²) >= 11 is 1.15. The van der Waals surface area contributed by atoms with Crippen molar-refractivity contribution < 1.29 is 23.9 Å². The zero-order valence-corrected chi connectivity index (χ0v) is 21.9. The first-order valence-electron chi connectivity index (χ1n) is 12.3. The molecule has 36 heavy (non-hydrogen) atoms. The SMILES string of the molecule is Cc1ccoc1C(=O)Nc1ccc(-c2cc(N(C(=O)C3CCC(C)CC3)C(C)C)c(C(=O)O)s2)cc1. The molecule has 3 aromatic rings. The smallest absolute Gasteiger partial charge is 0.348 e. The van der Waals surface area contributed by atoms with Crippen molar-refractivity contribution in [3.05, 3.63) is 58.9 Å². The van der Waals surface area contributed by atoms with Crippen molar-refractivity contribution in [2.45, 2.75) is 59.4 Å². The number of thiophene rings is 1. The average Bonchev–Trinajstić information content (AvgIpc) is 3.47. The first-order chi connectivity index (χ1) is 17.2. The number of anilines is 2. The number of carboxylic acid groups (broad SMARTS) is 1. The van der Waals surface area contributed by atoms with Crippen molar-refractivity contribution in [3.63, 3.8) is 0 Å². The van der Waals surface area contributed by atoms with Crippen LogP contribution < -0.4 is 10.2 Å². The van der Waals surface area contributed by atoms with E-state index in [1.165, 1.54) is 6.26 Å². The van der Waals surface area contributed by atoms with Crippen LogP contribution in [0.5, 0.6) is 0 Å². The van der Waals surface area contributed by atoms with Crippen molar-refractivity contribution in [1.82, 2.24) is 0 Å². The highest BCUT2D eigenvalue weighted by Crippen LogP contribution is 2.40. The van der Waals surface area contributed by atoms with Crippen LogP contribution in [0.15, 0.2) is 47.1 Å². The third-order valence-corrected chi connectivity index (χ3v) is 7.94. The molecule has 1 saturated carbocycles. The number of amides is 2. The number of aromatic carboxylic acids is 1. The van der Waals surface area contributed by atoms with Gasteiger partial charge in [0.2, 0.25) is 5.91 Å². The first kappa shape index (κ1) is 25.7. The van der Waals surface area contributed by atoms with Gasteiger partial charge in [0.1, 0.15) is 4.88 Å². The number of benzene rings is 1. The molecule has 0 bridgehead atoms. The number of carboxylic acids is 1. The second-order valence-corrected chi connectivity index (χ2v) is 10.9. The highest BCUT2D eigenvalue weighted by atomic mass is 32.1. The van der Waals surface area contributed by atoms with Crippen molar-refractivity contribution in [2.24, 2.45) is 11.8 Å². The van der Waals surface area contributed by atoms with Crippen LogP contribution in [0.1, 0.15) is 72.2 Å². The topological polar surface area (TPSA) is 99.9 Å². The van der Waals surface area contributed by atoms with Gasteiger partial charge in [0.05, 0.1) is 12.0 Å². The number of hydrogen-bond donors (Lipinski definition) is 2. The highest BCUT2D eigenvalue weighted by Gasteiger charge is 2.33.